The molecule has 1 aromatic heterocycles. The Kier molecular flexibility index (Phi) is 11.6. The molecule has 0 spiro atoms. The monoisotopic (exact) mass is 539 g/mol. The maximum Gasteiger partial charge on any atom is 0.250 e. The zero-order chi connectivity index (χ0) is 21.0. The smallest absolute Gasteiger partial charge is 0.250 e. The lowest BCUT2D eigenvalue weighted by Crippen LogP contribution is -2.40. The number of ether oxygens (including phenoxy) is 1. The minimum Gasteiger partial charge on any atom is -0.379 e. The van der Waals surface area contributed by atoms with Crippen molar-refractivity contribution >= 4 is 29.9 Å². The second-order valence-electron chi connectivity index (χ2n) is 7.41. The number of hydrogen-bond acceptors (Lipinski definition) is 4. The first-order chi connectivity index (χ1) is 14.7. The minimum atomic E-state index is 0. The maximum atomic E-state index is 11.9. The summed E-state index contributed by atoms with van der Waals surface area (Å²) in [7, 11) is 0. The molecule has 0 atom stereocenters. The number of hydrogen-bond donors (Lipinski definition) is 2. The van der Waals surface area contributed by atoms with Crippen molar-refractivity contribution < 1.29 is 4.74 Å². The highest BCUT2D eigenvalue weighted by atomic mass is 127. The molecule has 0 aliphatic carbocycles. The van der Waals surface area contributed by atoms with Gasteiger partial charge in [-0.15, -0.1) is 24.0 Å². The molecule has 0 amide bonds. The molecule has 0 unspecified atom stereocenters. The van der Waals surface area contributed by atoms with E-state index in [1.165, 1.54) is 0 Å². The Bertz CT molecular complexity index is 848. The average Bonchev–Trinajstić information content (AvgIpc) is 2.78. The number of guanidine groups is 1. The lowest BCUT2D eigenvalue weighted by molar-refractivity contribution is 0.0376. The van der Waals surface area contributed by atoms with Gasteiger partial charge < -0.3 is 19.9 Å². The highest BCUT2D eigenvalue weighted by Crippen LogP contribution is 2.07. The van der Waals surface area contributed by atoms with Crippen LogP contribution in [0.2, 0.25) is 0 Å². The minimum absolute atomic E-state index is 0. The van der Waals surface area contributed by atoms with Crippen molar-refractivity contribution in [3.8, 4) is 0 Å². The Labute approximate surface area is 201 Å². The van der Waals surface area contributed by atoms with Crippen LogP contribution in [0.3, 0.4) is 0 Å². The highest BCUT2D eigenvalue weighted by Gasteiger charge is 2.09. The van der Waals surface area contributed by atoms with Gasteiger partial charge in [0.1, 0.15) is 0 Å². The van der Waals surface area contributed by atoms with E-state index >= 15 is 0 Å². The van der Waals surface area contributed by atoms with E-state index in [9.17, 15) is 4.79 Å². The fourth-order valence-corrected chi connectivity index (χ4v) is 3.38. The lowest BCUT2D eigenvalue weighted by Gasteiger charge is -2.26. The number of morpholine rings is 1. The predicted octanol–water partition coefficient (Wildman–Crippen LogP) is 2.29. The summed E-state index contributed by atoms with van der Waals surface area (Å²) in [4.78, 5) is 19.0. The van der Waals surface area contributed by atoms with E-state index in [4.69, 9.17) is 9.73 Å². The van der Waals surface area contributed by atoms with Gasteiger partial charge in [0, 0.05) is 38.4 Å². The Hall–Kier alpha value is -1.91. The van der Waals surface area contributed by atoms with Crippen LogP contribution in [0.15, 0.2) is 58.4 Å². The second-order valence-corrected chi connectivity index (χ2v) is 7.41. The number of nitrogens with one attached hydrogen (secondary N) is 2. The third-order valence-corrected chi connectivity index (χ3v) is 5.09. The van der Waals surface area contributed by atoms with Crippen LogP contribution in [0.1, 0.15) is 24.5 Å². The van der Waals surface area contributed by atoms with Gasteiger partial charge in [-0.05, 0) is 37.1 Å². The van der Waals surface area contributed by atoms with Crippen LogP contribution >= 0.6 is 24.0 Å². The van der Waals surface area contributed by atoms with Gasteiger partial charge in [0.2, 0.25) is 0 Å². The van der Waals surface area contributed by atoms with Crippen molar-refractivity contribution in [3.05, 3.63) is 70.1 Å². The fraction of sp³-hybridized carbons (Fsp3) is 0.478. The molecular weight excluding hydrogens is 505 g/mol. The molecular formula is C23H34IN5O2. The number of benzene rings is 1. The van der Waals surface area contributed by atoms with E-state index in [0.29, 0.717) is 13.1 Å². The molecule has 1 aromatic carbocycles. The molecule has 1 aliphatic rings. The summed E-state index contributed by atoms with van der Waals surface area (Å²) in [6, 6.07) is 13.5. The Balaban J connectivity index is 0.00000341. The molecule has 1 aliphatic heterocycles. The van der Waals surface area contributed by atoms with Gasteiger partial charge in [-0.3, -0.25) is 9.69 Å². The number of aliphatic imine (C=N–C) groups is 1. The van der Waals surface area contributed by atoms with Crippen LogP contribution in [0.4, 0.5) is 0 Å². The van der Waals surface area contributed by atoms with E-state index in [1.54, 1.807) is 16.7 Å². The summed E-state index contributed by atoms with van der Waals surface area (Å²) in [5.41, 5.74) is 2.26. The summed E-state index contributed by atoms with van der Waals surface area (Å²) >= 11 is 0. The third kappa shape index (κ3) is 9.00. The number of halogens is 1. The predicted molar refractivity (Wildman–Crippen MR) is 136 cm³/mol. The molecule has 0 radical (unpaired) electrons. The summed E-state index contributed by atoms with van der Waals surface area (Å²) in [6.07, 6.45) is 2.89. The zero-order valence-electron chi connectivity index (χ0n) is 18.3. The van der Waals surface area contributed by atoms with Crippen LogP contribution in [0.5, 0.6) is 0 Å². The lowest BCUT2D eigenvalue weighted by atomic mass is 10.1. The van der Waals surface area contributed by atoms with Gasteiger partial charge in [-0.1, -0.05) is 30.3 Å². The molecule has 2 N–H and O–H groups in total. The summed E-state index contributed by atoms with van der Waals surface area (Å²) in [6.45, 7) is 9.84. The molecule has 7 nitrogen and oxygen atoms in total. The molecule has 1 saturated heterocycles. The fourth-order valence-electron chi connectivity index (χ4n) is 3.38. The standard InChI is InChI=1S/C23H33N5O2.HI/c1-2-24-23(25-11-5-12-27-14-16-30-17-15-27)26-18-20-7-9-21(10-8-20)19-28-13-4-3-6-22(28)29;/h3-4,6-10,13H,2,5,11-12,14-19H2,1H3,(H2,24,25,26);1H. The van der Waals surface area contributed by atoms with Crippen LogP contribution in [0.25, 0.3) is 0 Å². The largest absolute Gasteiger partial charge is 0.379 e. The van der Waals surface area contributed by atoms with E-state index in [1.807, 2.05) is 12.3 Å². The Morgan fingerprint density at radius 2 is 1.81 bits per heavy atom. The molecule has 2 heterocycles. The van der Waals surface area contributed by atoms with Crippen molar-refractivity contribution in [1.29, 1.82) is 0 Å². The number of nitrogens with zero attached hydrogens (tertiary/aromatic N) is 3. The SMILES string of the molecule is CCNC(=NCc1ccc(Cn2ccccc2=O)cc1)NCCCN1CCOCC1.I. The van der Waals surface area contributed by atoms with E-state index < -0.39 is 0 Å². The quantitative estimate of drug-likeness (QED) is 0.222. The van der Waals surface area contributed by atoms with Gasteiger partial charge in [-0.25, -0.2) is 4.99 Å². The molecule has 0 bridgehead atoms. The summed E-state index contributed by atoms with van der Waals surface area (Å²) in [5, 5.41) is 6.73. The Morgan fingerprint density at radius 3 is 2.52 bits per heavy atom. The van der Waals surface area contributed by atoms with Gasteiger partial charge in [0.15, 0.2) is 5.96 Å². The van der Waals surface area contributed by atoms with Crippen molar-refractivity contribution in [1.82, 2.24) is 20.1 Å². The van der Waals surface area contributed by atoms with Gasteiger partial charge >= 0.3 is 0 Å². The van der Waals surface area contributed by atoms with E-state index in [0.717, 1.165) is 69.4 Å². The van der Waals surface area contributed by atoms with Gasteiger partial charge in [0.25, 0.3) is 5.56 Å². The molecule has 2 aromatic rings. The van der Waals surface area contributed by atoms with E-state index in [-0.39, 0.29) is 29.5 Å². The topological polar surface area (TPSA) is 70.9 Å². The first-order valence-corrected chi connectivity index (χ1v) is 10.8. The van der Waals surface area contributed by atoms with Crippen LogP contribution in [0, 0.1) is 0 Å². The normalized spacial score (nSPS) is 14.7. The molecule has 3 rings (SSSR count). The molecule has 8 heteroatoms. The average molecular weight is 539 g/mol. The van der Waals surface area contributed by atoms with Crippen LogP contribution in [-0.2, 0) is 17.8 Å². The van der Waals surface area contributed by atoms with Crippen molar-refractivity contribution in [3.63, 3.8) is 0 Å². The number of pyridine rings is 1. The summed E-state index contributed by atoms with van der Waals surface area (Å²) in [5.74, 6) is 0.847. The van der Waals surface area contributed by atoms with Crippen LogP contribution < -0.4 is 16.2 Å². The first-order valence-electron chi connectivity index (χ1n) is 10.8. The van der Waals surface area contributed by atoms with Crippen molar-refractivity contribution in [2.75, 3.05) is 45.9 Å². The number of aromatic nitrogens is 1. The molecule has 1 fully saturated rings. The van der Waals surface area contributed by atoms with Crippen molar-refractivity contribution in [2.24, 2.45) is 4.99 Å². The zero-order valence-corrected chi connectivity index (χ0v) is 20.6. The molecule has 31 heavy (non-hydrogen) atoms. The maximum absolute atomic E-state index is 11.9. The number of rotatable bonds is 9. The highest BCUT2D eigenvalue weighted by molar-refractivity contribution is 14.0. The first kappa shape index (κ1) is 25.4. The van der Waals surface area contributed by atoms with Crippen LogP contribution in [-0.4, -0.2) is 61.4 Å². The van der Waals surface area contributed by atoms with Crippen molar-refractivity contribution in [2.45, 2.75) is 26.4 Å². The second kappa shape index (κ2) is 14.2. The van der Waals surface area contributed by atoms with E-state index in [2.05, 4.69) is 46.7 Å². The van der Waals surface area contributed by atoms with Gasteiger partial charge in [-0.2, -0.15) is 0 Å². The third-order valence-electron chi connectivity index (χ3n) is 5.09. The molecule has 0 saturated carbocycles. The molecule has 170 valence electrons. The summed E-state index contributed by atoms with van der Waals surface area (Å²) < 4.78 is 7.10. The van der Waals surface area contributed by atoms with Gasteiger partial charge in [0.05, 0.1) is 26.3 Å². The Morgan fingerprint density at radius 1 is 1.06 bits per heavy atom.